The van der Waals surface area contributed by atoms with Crippen LogP contribution in [0.2, 0.25) is 0 Å². The molecule has 0 bridgehead atoms. The Morgan fingerprint density at radius 3 is 3.04 bits per heavy atom. The molecule has 3 heterocycles. The Labute approximate surface area is 154 Å². The first-order chi connectivity index (χ1) is 12.6. The lowest BCUT2D eigenvalue weighted by Crippen LogP contribution is -2.56. The van der Waals surface area contributed by atoms with Crippen LogP contribution >= 0.6 is 0 Å². The molecule has 0 amide bonds. The SMILES string of the molecule is COC(=O)C1=COC(C)C2(C)C1CCN2CCc1c[nH]c2ccccc12. The molecule has 0 aliphatic carbocycles. The zero-order valence-electron chi connectivity index (χ0n) is 15.6. The van der Waals surface area contributed by atoms with Gasteiger partial charge in [0.2, 0.25) is 0 Å². The molecule has 0 saturated carbocycles. The molecule has 2 aromatic rings. The van der Waals surface area contributed by atoms with Crippen molar-refractivity contribution in [2.24, 2.45) is 5.92 Å². The van der Waals surface area contributed by atoms with E-state index >= 15 is 0 Å². The van der Waals surface area contributed by atoms with E-state index in [9.17, 15) is 4.79 Å². The van der Waals surface area contributed by atoms with Crippen LogP contribution in [0.1, 0.15) is 25.8 Å². The molecule has 5 nitrogen and oxygen atoms in total. The summed E-state index contributed by atoms with van der Waals surface area (Å²) in [4.78, 5) is 18.0. The van der Waals surface area contributed by atoms with E-state index in [0.29, 0.717) is 5.57 Å². The third-order valence-electron chi connectivity index (χ3n) is 6.42. The molecule has 1 aromatic carbocycles. The highest BCUT2D eigenvalue weighted by atomic mass is 16.5. The monoisotopic (exact) mass is 354 g/mol. The number of hydrogen-bond acceptors (Lipinski definition) is 4. The number of para-hydroxylation sites is 1. The quantitative estimate of drug-likeness (QED) is 0.856. The molecule has 2 aliphatic rings. The zero-order chi connectivity index (χ0) is 18.3. The lowest BCUT2D eigenvalue weighted by Gasteiger charge is -2.46. The minimum atomic E-state index is -0.272. The molecule has 5 heteroatoms. The molecule has 1 saturated heterocycles. The number of methoxy groups -OCH3 is 1. The number of hydrogen-bond donors (Lipinski definition) is 1. The van der Waals surface area contributed by atoms with Gasteiger partial charge in [0, 0.05) is 29.6 Å². The van der Waals surface area contributed by atoms with E-state index in [4.69, 9.17) is 9.47 Å². The summed E-state index contributed by atoms with van der Waals surface area (Å²) in [5, 5.41) is 1.29. The number of nitrogens with one attached hydrogen (secondary N) is 1. The summed E-state index contributed by atoms with van der Waals surface area (Å²) in [5.74, 6) is -0.117. The van der Waals surface area contributed by atoms with Crippen molar-refractivity contribution in [2.75, 3.05) is 20.2 Å². The number of nitrogens with zero attached hydrogens (tertiary/aromatic N) is 1. The van der Waals surface area contributed by atoms with Gasteiger partial charge >= 0.3 is 5.97 Å². The van der Waals surface area contributed by atoms with Gasteiger partial charge in [-0.3, -0.25) is 4.90 Å². The number of aromatic amines is 1. The van der Waals surface area contributed by atoms with Gasteiger partial charge in [0.15, 0.2) is 0 Å². The number of carbonyl (C=O) groups excluding carboxylic acids is 1. The van der Waals surface area contributed by atoms with E-state index in [0.717, 1.165) is 25.9 Å². The third kappa shape index (κ3) is 2.53. The van der Waals surface area contributed by atoms with Crippen molar-refractivity contribution in [3.05, 3.63) is 47.9 Å². The van der Waals surface area contributed by atoms with E-state index < -0.39 is 0 Å². The van der Waals surface area contributed by atoms with Crippen molar-refractivity contribution in [3.8, 4) is 0 Å². The Kier molecular flexibility index (Phi) is 4.27. The average Bonchev–Trinajstić information content (AvgIpc) is 3.22. The molecule has 138 valence electrons. The Morgan fingerprint density at radius 2 is 2.23 bits per heavy atom. The molecule has 3 unspecified atom stereocenters. The number of benzene rings is 1. The van der Waals surface area contributed by atoms with Gasteiger partial charge in [-0.25, -0.2) is 4.79 Å². The lowest BCUT2D eigenvalue weighted by molar-refractivity contribution is -0.138. The first-order valence-corrected chi connectivity index (χ1v) is 9.29. The number of ether oxygens (including phenoxy) is 2. The number of esters is 1. The van der Waals surface area contributed by atoms with Crippen LogP contribution in [0.4, 0.5) is 0 Å². The standard InChI is InChI=1S/C21H26N2O3/c1-14-21(2)18(17(13-26-14)20(24)25-3)9-11-23(21)10-8-15-12-22-19-7-5-4-6-16(15)19/h4-7,12-14,18,22H,8-11H2,1-3H3. The van der Waals surface area contributed by atoms with Crippen LogP contribution in [0.5, 0.6) is 0 Å². The summed E-state index contributed by atoms with van der Waals surface area (Å²) in [6.07, 6.45) is 5.69. The van der Waals surface area contributed by atoms with Gasteiger partial charge in [0.25, 0.3) is 0 Å². The smallest absolute Gasteiger partial charge is 0.337 e. The van der Waals surface area contributed by atoms with Crippen LogP contribution in [0.25, 0.3) is 10.9 Å². The van der Waals surface area contributed by atoms with Crippen LogP contribution in [-0.4, -0.2) is 47.7 Å². The van der Waals surface area contributed by atoms with Crippen molar-refractivity contribution in [2.45, 2.75) is 38.3 Å². The minimum absolute atomic E-state index is 0.0337. The molecular formula is C21H26N2O3. The molecule has 2 aliphatic heterocycles. The number of aromatic nitrogens is 1. The molecule has 26 heavy (non-hydrogen) atoms. The molecule has 1 N–H and O–H groups in total. The van der Waals surface area contributed by atoms with Crippen molar-refractivity contribution in [1.82, 2.24) is 9.88 Å². The summed E-state index contributed by atoms with van der Waals surface area (Å²) in [6.45, 7) is 6.23. The fourth-order valence-electron chi connectivity index (χ4n) is 4.70. The second-order valence-electron chi connectivity index (χ2n) is 7.51. The number of carbonyl (C=O) groups is 1. The van der Waals surface area contributed by atoms with Crippen LogP contribution in [-0.2, 0) is 20.7 Å². The van der Waals surface area contributed by atoms with Crippen LogP contribution in [0.15, 0.2) is 42.3 Å². The fraction of sp³-hybridized carbons (Fsp3) is 0.476. The van der Waals surface area contributed by atoms with Crippen molar-refractivity contribution in [3.63, 3.8) is 0 Å². The van der Waals surface area contributed by atoms with Crippen LogP contribution < -0.4 is 0 Å². The van der Waals surface area contributed by atoms with Gasteiger partial charge in [-0.15, -0.1) is 0 Å². The first-order valence-electron chi connectivity index (χ1n) is 9.29. The number of fused-ring (bicyclic) bond motifs is 2. The molecule has 0 spiro atoms. The molecular weight excluding hydrogens is 328 g/mol. The summed E-state index contributed by atoms with van der Waals surface area (Å²) >= 11 is 0. The van der Waals surface area contributed by atoms with Gasteiger partial charge in [-0.05, 0) is 44.9 Å². The maximum atomic E-state index is 12.2. The second kappa shape index (κ2) is 6.47. The van der Waals surface area contributed by atoms with Gasteiger partial charge in [0.05, 0.1) is 24.5 Å². The highest BCUT2D eigenvalue weighted by Crippen LogP contribution is 2.45. The summed E-state index contributed by atoms with van der Waals surface area (Å²) in [6, 6.07) is 8.41. The fourth-order valence-corrected chi connectivity index (χ4v) is 4.70. The minimum Gasteiger partial charge on any atom is -0.496 e. The van der Waals surface area contributed by atoms with Crippen LogP contribution in [0, 0.1) is 5.92 Å². The summed E-state index contributed by atoms with van der Waals surface area (Å²) in [7, 11) is 1.43. The average molecular weight is 354 g/mol. The predicted octanol–water partition coefficient (Wildman–Crippen LogP) is 3.27. The Bertz CT molecular complexity index is 856. The Hall–Kier alpha value is -2.27. The highest BCUT2D eigenvalue weighted by molar-refractivity contribution is 5.89. The van der Waals surface area contributed by atoms with Gasteiger partial charge in [0.1, 0.15) is 6.10 Å². The van der Waals surface area contributed by atoms with E-state index in [1.54, 1.807) is 6.26 Å². The molecule has 3 atom stereocenters. The van der Waals surface area contributed by atoms with Gasteiger partial charge < -0.3 is 14.5 Å². The van der Waals surface area contributed by atoms with Crippen molar-refractivity contribution >= 4 is 16.9 Å². The number of likely N-dealkylation sites (tertiary alicyclic amines) is 1. The normalized spacial score (nSPS) is 28.5. The molecule has 4 rings (SSSR count). The van der Waals surface area contributed by atoms with E-state index in [1.165, 1.54) is 23.6 Å². The predicted molar refractivity (Wildman–Crippen MR) is 101 cm³/mol. The zero-order valence-corrected chi connectivity index (χ0v) is 15.6. The van der Waals surface area contributed by atoms with Crippen LogP contribution in [0.3, 0.4) is 0 Å². The molecule has 0 radical (unpaired) electrons. The van der Waals surface area contributed by atoms with E-state index in [-0.39, 0.29) is 23.5 Å². The van der Waals surface area contributed by atoms with Gasteiger partial charge in [-0.2, -0.15) is 0 Å². The third-order valence-corrected chi connectivity index (χ3v) is 6.42. The lowest BCUT2D eigenvalue weighted by atomic mass is 9.76. The Morgan fingerprint density at radius 1 is 1.42 bits per heavy atom. The first kappa shape index (κ1) is 17.2. The van der Waals surface area contributed by atoms with Crippen molar-refractivity contribution in [1.29, 1.82) is 0 Å². The maximum Gasteiger partial charge on any atom is 0.337 e. The summed E-state index contributed by atoms with van der Waals surface area (Å²) < 4.78 is 10.8. The maximum absolute atomic E-state index is 12.2. The Balaban J connectivity index is 1.55. The summed E-state index contributed by atoms with van der Waals surface area (Å²) in [5.41, 5.74) is 2.99. The molecule has 1 aromatic heterocycles. The second-order valence-corrected chi connectivity index (χ2v) is 7.51. The highest BCUT2D eigenvalue weighted by Gasteiger charge is 2.54. The van der Waals surface area contributed by atoms with E-state index in [2.05, 4.69) is 54.2 Å². The number of H-pyrrole nitrogens is 1. The van der Waals surface area contributed by atoms with Crippen molar-refractivity contribution < 1.29 is 14.3 Å². The van der Waals surface area contributed by atoms with Gasteiger partial charge in [-0.1, -0.05) is 18.2 Å². The van der Waals surface area contributed by atoms with E-state index in [1.807, 2.05) is 0 Å². The largest absolute Gasteiger partial charge is 0.496 e. The number of rotatable bonds is 4. The molecule has 1 fully saturated rings. The topological polar surface area (TPSA) is 54.6 Å².